The monoisotopic (exact) mass is 248 g/mol. The van der Waals surface area contributed by atoms with Crippen molar-refractivity contribution in [1.29, 1.82) is 0 Å². The van der Waals surface area contributed by atoms with E-state index in [1.807, 2.05) is 31.2 Å². The van der Waals surface area contributed by atoms with Gasteiger partial charge in [-0.1, -0.05) is 12.1 Å². The van der Waals surface area contributed by atoms with Crippen LogP contribution in [0.2, 0.25) is 0 Å². The molecule has 1 aromatic rings. The van der Waals surface area contributed by atoms with E-state index < -0.39 is 0 Å². The van der Waals surface area contributed by atoms with Crippen molar-refractivity contribution in [2.75, 3.05) is 19.7 Å². The summed E-state index contributed by atoms with van der Waals surface area (Å²) in [5.41, 5.74) is 1.13. The van der Waals surface area contributed by atoms with Gasteiger partial charge in [0.15, 0.2) is 6.61 Å². The molecule has 0 aliphatic carbocycles. The van der Waals surface area contributed by atoms with Crippen molar-refractivity contribution in [1.82, 2.24) is 10.6 Å². The number of aryl methyl sites for hydroxylation is 1. The number of carbonyl (C=O) groups excluding carboxylic acids is 1. The first-order valence-corrected chi connectivity index (χ1v) is 6.43. The molecule has 4 nitrogen and oxygen atoms in total. The highest BCUT2D eigenvalue weighted by Gasteiger charge is 2.15. The Morgan fingerprint density at radius 3 is 2.94 bits per heavy atom. The summed E-state index contributed by atoms with van der Waals surface area (Å²) in [6.07, 6.45) is 1.99. The molecule has 1 aliphatic rings. The van der Waals surface area contributed by atoms with Gasteiger partial charge in [-0.2, -0.15) is 0 Å². The molecule has 1 aromatic carbocycles. The Bertz CT molecular complexity index is 401. The number of piperidine rings is 1. The van der Waals surface area contributed by atoms with E-state index in [9.17, 15) is 4.79 Å². The van der Waals surface area contributed by atoms with E-state index in [4.69, 9.17) is 4.74 Å². The zero-order chi connectivity index (χ0) is 12.8. The molecule has 0 saturated carbocycles. The maximum Gasteiger partial charge on any atom is 0.258 e. The first-order valence-electron chi connectivity index (χ1n) is 6.43. The molecule has 98 valence electrons. The Hall–Kier alpha value is -1.55. The minimum atomic E-state index is -0.0385. The van der Waals surface area contributed by atoms with Crippen molar-refractivity contribution < 1.29 is 9.53 Å². The Morgan fingerprint density at radius 2 is 2.22 bits per heavy atom. The van der Waals surface area contributed by atoms with Crippen LogP contribution in [0.1, 0.15) is 18.4 Å². The first kappa shape index (κ1) is 12.9. The van der Waals surface area contributed by atoms with Gasteiger partial charge in [-0.15, -0.1) is 0 Å². The number of hydrogen-bond acceptors (Lipinski definition) is 3. The minimum absolute atomic E-state index is 0.0385. The number of carbonyl (C=O) groups is 1. The van der Waals surface area contributed by atoms with Crippen LogP contribution in [0, 0.1) is 6.92 Å². The standard InChI is InChI=1S/C14H20N2O2/c1-11-3-2-4-13(9-11)18-10-14(17)16-12-5-7-15-8-6-12/h2-4,9,12,15H,5-8,10H2,1H3,(H,16,17). The molecular formula is C14H20N2O2. The van der Waals surface area contributed by atoms with Crippen LogP contribution in [-0.2, 0) is 4.79 Å². The summed E-state index contributed by atoms with van der Waals surface area (Å²) in [4.78, 5) is 11.7. The molecule has 1 fully saturated rings. The van der Waals surface area contributed by atoms with Crippen molar-refractivity contribution in [2.24, 2.45) is 0 Å². The van der Waals surface area contributed by atoms with Crippen LogP contribution in [0.15, 0.2) is 24.3 Å². The number of rotatable bonds is 4. The zero-order valence-electron chi connectivity index (χ0n) is 10.7. The van der Waals surface area contributed by atoms with Crippen LogP contribution < -0.4 is 15.4 Å². The summed E-state index contributed by atoms with van der Waals surface area (Å²) in [6, 6.07) is 8.01. The van der Waals surface area contributed by atoms with E-state index in [1.165, 1.54) is 0 Å². The van der Waals surface area contributed by atoms with Crippen LogP contribution in [0.5, 0.6) is 5.75 Å². The minimum Gasteiger partial charge on any atom is -0.484 e. The molecule has 1 heterocycles. The summed E-state index contributed by atoms with van der Waals surface area (Å²) in [5, 5.41) is 6.27. The highest BCUT2D eigenvalue weighted by molar-refractivity contribution is 5.77. The second kappa shape index (κ2) is 6.40. The van der Waals surface area contributed by atoms with Gasteiger partial charge in [0.1, 0.15) is 5.75 Å². The van der Waals surface area contributed by atoms with Crippen LogP contribution in [0.4, 0.5) is 0 Å². The smallest absolute Gasteiger partial charge is 0.258 e. The Labute approximate surface area is 108 Å². The van der Waals surface area contributed by atoms with E-state index in [-0.39, 0.29) is 12.5 Å². The topological polar surface area (TPSA) is 50.4 Å². The SMILES string of the molecule is Cc1cccc(OCC(=O)NC2CCNCC2)c1. The third kappa shape index (κ3) is 4.04. The van der Waals surface area contributed by atoms with Gasteiger partial charge >= 0.3 is 0 Å². The molecule has 0 unspecified atom stereocenters. The molecule has 2 rings (SSSR count). The van der Waals surface area contributed by atoms with Gasteiger partial charge in [-0.05, 0) is 50.6 Å². The molecular weight excluding hydrogens is 228 g/mol. The second-order valence-electron chi connectivity index (χ2n) is 4.70. The van der Waals surface area contributed by atoms with Gasteiger partial charge in [0.2, 0.25) is 0 Å². The lowest BCUT2D eigenvalue weighted by Gasteiger charge is -2.23. The first-order chi connectivity index (χ1) is 8.74. The quantitative estimate of drug-likeness (QED) is 0.843. The fraction of sp³-hybridized carbons (Fsp3) is 0.500. The van der Waals surface area contributed by atoms with Crippen molar-refractivity contribution in [3.8, 4) is 5.75 Å². The van der Waals surface area contributed by atoms with Crippen molar-refractivity contribution in [3.63, 3.8) is 0 Å². The lowest BCUT2D eigenvalue weighted by atomic mass is 10.1. The van der Waals surface area contributed by atoms with E-state index >= 15 is 0 Å². The summed E-state index contributed by atoms with van der Waals surface area (Å²) in [6.45, 7) is 4.04. The van der Waals surface area contributed by atoms with Crippen molar-refractivity contribution >= 4 is 5.91 Å². The third-order valence-electron chi connectivity index (χ3n) is 3.06. The molecule has 1 saturated heterocycles. The number of benzene rings is 1. The number of amides is 1. The Balaban J connectivity index is 1.74. The average Bonchev–Trinajstić information content (AvgIpc) is 2.38. The normalized spacial score (nSPS) is 16.3. The highest BCUT2D eigenvalue weighted by atomic mass is 16.5. The molecule has 0 radical (unpaired) electrons. The Kier molecular flexibility index (Phi) is 4.59. The summed E-state index contributed by atoms with van der Waals surface area (Å²) in [5.74, 6) is 0.707. The number of ether oxygens (including phenoxy) is 1. The van der Waals surface area contributed by atoms with Crippen LogP contribution in [0.3, 0.4) is 0 Å². The van der Waals surface area contributed by atoms with Crippen molar-refractivity contribution in [3.05, 3.63) is 29.8 Å². The molecule has 1 amide bonds. The van der Waals surface area contributed by atoms with Crippen LogP contribution in [0.25, 0.3) is 0 Å². The molecule has 4 heteroatoms. The average molecular weight is 248 g/mol. The van der Waals surface area contributed by atoms with Gasteiger partial charge in [0.05, 0.1) is 0 Å². The van der Waals surface area contributed by atoms with Gasteiger partial charge in [-0.25, -0.2) is 0 Å². The fourth-order valence-corrected chi connectivity index (χ4v) is 2.09. The predicted octanol–water partition coefficient (Wildman–Crippen LogP) is 1.24. The molecule has 0 aromatic heterocycles. The number of hydrogen-bond donors (Lipinski definition) is 2. The summed E-state index contributed by atoms with van der Waals surface area (Å²) >= 11 is 0. The molecule has 2 N–H and O–H groups in total. The summed E-state index contributed by atoms with van der Waals surface area (Å²) in [7, 11) is 0. The van der Waals surface area contributed by atoms with E-state index in [0.29, 0.717) is 6.04 Å². The van der Waals surface area contributed by atoms with Gasteiger partial charge in [-0.3, -0.25) is 4.79 Å². The third-order valence-corrected chi connectivity index (χ3v) is 3.06. The van der Waals surface area contributed by atoms with Crippen LogP contribution in [-0.4, -0.2) is 31.6 Å². The number of nitrogens with one attached hydrogen (secondary N) is 2. The lowest BCUT2D eigenvalue weighted by Crippen LogP contribution is -2.44. The Morgan fingerprint density at radius 1 is 1.44 bits per heavy atom. The van der Waals surface area contributed by atoms with Gasteiger partial charge in [0.25, 0.3) is 5.91 Å². The summed E-state index contributed by atoms with van der Waals surface area (Å²) < 4.78 is 5.46. The van der Waals surface area contributed by atoms with Crippen LogP contribution >= 0.6 is 0 Å². The van der Waals surface area contributed by atoms with E-state index in [1.54, 1.807) is 0 Å². The maximum absolute atomic E-state index is 11.7. The molecule has 0 bridgehead atoms. The predicted molar refractivity (Wildman–Crippen MR) is 70.7 cm³/mol. The molecule has 18 heavy (non-hydrogen) atoms. The lowest BCUT2D eigenvalue weighted by molar-refractivity contribution is -0.123. The van der Waals surface area contributed by atoms with E-state index in [2.05, 4.69) is 10.6 Å². The van der Waals surface area contributed by atoms with Gasteiger partial charge < -0.3 is 15.4 Å². The maximum atomic E-state index is 11.7. The molecule has 1 aliphatic heterocycles. The van der Waals surface area contributed by atoms with Crippen molar-refractivity contribution in [2.45, 2.75) is 25.8 Å². The van der Waals surface area contributed by atoms with E-state index in [0.717, 1.165) is 37.2 Å². The highest BCUT2D eigenvalue weighted by Crippen LogP contribution is 2.12. The zero-order valence-corrected chi connectivity index (χ0v) is 10.7. The fourth-order valence-electron chi connectivity index (χ4n) is 2.09. The van der Waals surface area contributed by atoms with Gasteiger partial charge in [0, 0.05) is 6.04 Å². The molecule has 0 spiro atoms. The molecule has 0 atom stereocenters. The largest absolute Gasteiger partial charge is 0.484 e. The second-order valence-corrected chi connectivity index (χ2v) is 4.70.